The Kier molecular flexibility index (Phi) is 7.15. The van der Waals surface area contributed by atoms with E-state index >= 15 is 4.39 Å². The summed E-state index contributed by atoms with van der Waals surface area (Å²) in [5, 5.41) is 6.01. The smallest absolute Gasteiger partial charge is 0.221 e. The largest absolute Gasteiger partial charge is 0.388 e. The maximum absolute atomic E-state index is 16.5. The van der Waals surface area contributed by atoms with E-state index in [1.165, 1.54) is 68.4 Å². The predicted octanol–water partition coefficient (Wildman–Crippen LogP) is 9.48. The Labute approximate surface area is 285 Å². The molecule has 1 fully saturated rings. The van der Waals surface area contributed by atoms with Crippen molar-refractivity contribution in [3.63, 3.8) is 0 Å². The minimum Gasteiger partial charge on any atom is -0.388 e. The third-order valence-corrected chi connectivity index (χ3v) is 13.0. The van der Waals surface area contributed by atoms with E-state index in [0.29, 0.717) is 5.92 Å². The van der Waals surface area contributed by atoms with E-state index in [1.54, 1.807) is 0 Å². The lowest BCUT2D eigenvalue weighted by Gasteiger charge is -2.63. The van der Waals surface area contributed by atoms with Crippen LogP contribution in [-0.4, -0.2) is 7.05 Å². The summed E-state index contributed by atoms with van der Waals surface area (Å²) < 4.78 is 21.4. The summed E-state index contributed by atoms with van der Waals surface area (Å²) in [6.45, 7) is 11.6. The molecule has 1 aliphatic heterocycles. The molecule has 2 aliphatic carbocycles. The van der Waals surface area contributed by atoms with E-state index in [1.807, 2.05) is 13.1 Å². The number of hydrogen-bond acceptors (Lipinski definition) is 1. The summed E-state index contributed by atoms with van der Waals surface area (Å²) >= 11 is 0. The molecule has 3 nitrogen and oxygen atoms in total. The molecule has 1 N–H and O–H groups in total. The zero-order valence-electron chi connectivity index (χ0n) is 29.8. The molecule has 3 aromatic carbocycles. The van der Waals surface area contributed by atoms with Gasteiger partial charge in [-0.15, -0.1) is 0 Å². The van der Waals surface area contributed by atoms with Crippen molar-refractivity contribution in [1.82, 2.24) is 0 Å². The Morgan fingerprint density at radius 3 is 2.48 bits per heavy atom. The van der Waals surface area contributed by atoms with Gasteiger partial charge in [-0.25, -0.2) is 8.96 Å². The topological polar surface area (TPSA) is 19.8 Å². The number of halogens is 1. The van der Waals surface area contributed by atoms with Crippen LogP contribution in [0, 0.1) is 11.7 Å². The maximum atomic E-state index is 16.5. The maximum Gasteiger partial charge on any atom is 0.221 e. The molecule has 0 bridgehead atoms. The summed E-state index contributed by atoms with van der Waals surface area (Å²) in [7, 11) is 4.13. The van der Waals surface area contributed by atoms with Crippen molar-refractivity contribution in [3.8, 4) is 22.5 Å². The summed E-state index contributed by atoms with van der Waals surface area (Å²) in [5.41, 5.74) is 11.7. The van der Waals surface area contributed by atoms with Crippen molar-refractivity contribution < 1.29 is 13.5 Å². The highest BCUT2D eigenvalue weighted by Crippen LogP contribution is 2.68. The van der Waals surface area contributed by atoms with Gasteiger partial charge in [0.15, 0.2) is 17.9 Å². The Balaban J connectivity index is 1.36. The molecule has 3 heterocycles. The second-order valence-corrected chi connectivity index (χ2v) is 15.3. The lowest BCUT2D eigenvalue weighted by atomic mass is 9.40. The SMILES string of the molecule is CCCCc1cc2c3c4[n+](ccc3c1)C1(CC)CC(Cc3ccc(NC)cc3-c3cccc[n+]3C)C1(CC)c1ccc(F)c(c1-4)C2(C)C. The first-order chi connectivity index (χ1) is 23.2. The van der Waals surface area contributed by atoms with Crippen LogP contribution in [-0.2, 0) is 36.3 Å². The number of aromatic nitrogens is 2. The van der Waals surface area contributed by atoms with Crippen molar-refractivity contribution >= 4 is 16.5 Å². The number of pyridine rings is 2. The number of aryl methyl sites for hydroxylation is 2. The van der Waals surface area contributed by atoms with Crippen LogP contribution in [0.2, 0.25) is 0 Å². The Hall–Kier alpha value is -4.05. The van der Waals surface area contributed by atoms with E-state index in [2.05, 4.69) is 129 Å². The monoisotopic (exact) mass is 639 g/mol. The lowest BCUT2D eigenvalue weighted by Crippen LogP contribution is -2.79. The second-order valence-electron chi connectivity index (χ2n) is 15.3. The first-order valence-electron chi connectivity index (χ1n) is 18.3. The average molecular weight is 640 g/mol. The summed E-state index contributed by atoms with van der Waals surface area (Å²) in [6, 6.07) is 24.5. The van der Waals surface area contributed by atoms with Crippen molar-refractivity contribution in [2.45, 2.75) is 95.9 Å². The molecule has 5 aromatic rings. The fraction of sp³-hybridized carbons (Fsp3) is 0.409. The van der Waals surface area contributed by atoms with Crippen LogP contribution in [0.5, 0.6) is 0 Å². The number of unbranched alkanes of at least 4 members (excludes halogenated alkanes) is 1. The molecule has 2 aromatic heterocycles. The van der Waals surface area contributed by atoms with E-state index in [0.717, 1.165) is 43.4 Å². The highest BCUT2D eigenvalue weighted by atomic mass is 19.1. The van der Waals surface area contributed by atoms with Crippen molar-refractivity contribution in [2.75, 3.05) is 12.4 Å². The zero-order chi connectivity index (χ0) is 33.6. The molecule has 48 heavy (non-hydrogen) atoms. The summed E-state index contributed by atoms with van der Waals surface area (Å²) in [5.74, 6) is 0.349. The fourth-order valence-corrected chi connectivity index (χ4v) is 10.7. The minimum atomic E-state index is -0.444. The molecule has 3 unspecified atom stereocenters. The minimum absolute atomic E-state index is 0.0693. The van der Waals surface area contributed by atoms with Gasteiger partial charge in [0.25, 0.3) is 0 Å². The zero-order valence-corrected chi connectivity index (χ0v) is 29.8. The molecule has 3 aliphatic rings. The Morgan fingerprint density at radius 2 is 1.75 bits per heavy atom. The van der Waals surface area contributed by atoms with E-state index in [9.17, 15) is 0 Å². The third-order valence-electron chi connectivity index (χ3n) is 13.0. The van der Waals surface area contributed by atoms with Crippen LogP contribution in [0.1, 0.15) is 94.5 Å². The van der Waals surface area contributed by atoms with Gasteiger partial charge in [0.2, 0.25) is 11.4 Å². The average Bonchev–Trinajstić information content (AvgIpc) is 3.08. The number of anilines is 1. The fourth-order valence-electron chi connectivity index (χ4n) is 10.7. The van der Waals surface area contributed by atoms with E-state index in [-0.39, 0.29) is 16.8 Å². The number of nitrogens with one attached hydrogen (secondary N) is 1. The van der Waals surface area contributed by atoms with Crippen LogP contribution in [0.25, 0.3) is 33.3 Å². The lowest BCUT2D eigenvalue weighted by molar-refractivity contribution is -0.787. The molecule has 0 saturated heterocycles. The Bertz CT molecular complexity index is 2110. The highest BCUT2D eigenvalue weighted by Gasteiger charge is 2.74. The number of rotatable bonds is 9. The van der Waals surface area contributed by atoms with Crippen LogP contribution >= 0.6 is 0 Å². The predicted molar refractivity (Wildman–Crippen MR) is 195 cm³/mol. The number of nitrogens with zero attached hydrogens (tertiary/aromatic N) is 2. The van der Waals surface area contributed by atoms with Gasteiger partial charge in [-0.1, -0.05) is 65.3 Å². The van der Waals surface area contributed by atoms with Crippen molar-refractivity contribution in [3.05, 3.63) is 113 Å². The second kappa shape index (κ2) is 11.0. The standard InChI is InChI=1S/C44H50FN3/c1-8-11-14-28-23-30-20-22-48-41-38(30)35(24-28)42(4,5)40-36(45)19-18-34(39(40)41)44(10-3)31(27-43(44,48)9-2)25-29-16-17-32(46-6)26-33(29)37-15-12-13-21-47(37)7/h12-13,15-24,26,31,46H,8-11,14,25,27H2,1-7H3/q+2. The number of benzene rings is 3. The molecule has 0 spiro atoms. The van der Waals surface area contributed by atoms with Crippen LogP contribution in [0.15, 0.2) is 79.1 Å². The van der Waals surface area contributed by atoms with Crippen molar-refractivity contribution in [2.24, 2.45) is 13.0 Å². The van der Waals surface area contributed by atoms with Gasteiger partial charge in [0.05, 0.1) is 21.9 Å². The molecule has 246 valence electrons. The summed E-state index contributed by atoms with van der Waals surface area (Å²) in [4.78, 5) is 0. The first kappa shape index (κ1) is 31.2. The molecular formula is C44H50FN3+2. The first-order valence-corrected chi connectivity index (χ1v) is 18.3. The molecule has 1 saturated carbocycles. The van der Waals surface area contributed by atoms with Crippen LogP contribution < -0.4 is 14.5 Å². The van der Waals surface area contributed by atoms with Gasteiger partial charge < -0.3 is 5.32 Å². The third kappa shape index (κ3) is 3.92. The highest BCUT2D eigenvalue weighted by molar-refractivity contribution is 6.02. The van der Waals surface area contributed by atoms with Crippen molar-refractivity contribution in [1.29, 1.82) is 0 Å². The normalized spacial score (nSPS) is 22.7. The van der Waals surface area contributed by atoms with Gasteiger partial charge in [0, 0.05) is 54.8 Å². The molecule has 3 atom stereocenters. The molecular weight excluding hydrogens is 590 g/mol. The molecule has 0 radical (unpaired) electrons. The Morgan fingerprint density at radius 1 is 0.917 bits per heavy atom. The molecule has 0 amide bonds. The van der Waals surface area contributed by atoms with Gasteiger partial charge >= 0.3 is 0 Å². The molecule has 4 heteroatoms. The van der Waals surface area contributed by atoms with Gasteiger partial charge in [0.1, 0.15) is 12.9 Å². The van der Waals surface area contributed by atoms with Gasteiger partial charge in [-0.2, -0.15) is 4.57 Å². The van der Waals surface area contributed by atoms with Crippen LogP contribution in [0.3, 0.4) is 0 Å². The molecule has 8 rings (SSSR count). The quantitative estimate of drug-likeness (QED) is 0.159. The van der Waals surface area contributed by atoms with Crippen LogP contribution in [0.4, 0.5) is 10.1 Å². The number of fused-ring (bicyclic) bond motifs is 3. The van der Waals surface area contributed by atoms with E-state index < -0.39 is 5.41 Å². The van der Waals surface area contributed by atoms with E-state index in [4.69, 9.17) is 0 Å². The van der Waals surface area contributed by atoms with Gasteiger partial charge in [-0.05, 0) is 83.5 Å². The number of hydrogen-bond donors (Lipinski definition) is 1. The van der Waals surface area contributed by atoms with Gasteiger partial charge in [-0.3, -0.25) is 0 Å². The summed E-state index contributed by atoms with van der Waals surface area (Å²) in [6.07, 6.45) is 12.1.